The van der Waals surface area contributed by atoms with Crippen molar-refractivity contribution in [2.45, 2.75) is 20.1 Å². The molecule has 3 aromatic rings. The third-order valence-corrected chi connectivity index (χ3v) is 4.98. The van der Waals surface area contributed by atoms with Crippen molar-refractivity contribution in [3.05, 3.63) is 69.4 Å². The van der Waals surface area contributed by atoms with Gasteiger partial charge in [-0.05, 0) is 55.5 Å². The molecule has 1 heterocycles. The van der Waals surface area contributed by atoms with Gasteiger partial charge in [0.2, 0.25) is 5.13 Å². The third kappa shape index (κ3) is 4.72. The van der Waals surface area contributed by atoms with E-state index in [1.807, 2.05) is 19.2 Å². The standard InChI is InChI=1S/C18H19FN4S2/c1-13-6-3-4-7-14(13)11-22(2)12-23-18(24)25-17(21-23)20-16-9-5-8-15(19)10-16/h3-10H,11-12H2,1-2H3,(H,20,21). The number of benzene rings is 2. The van der Waals surface area contributed by atoms with Crippen LogP contribution in [0.25, 0.3) is 0 Å². The second kappa shape index (κ2) is 7.86. The SMILES string of the molecule is Cc1ccccc1CN(C)Cn1nc(Nc2cccc(F)c2)sc1=S. The summed E-state index contributed by atoms with van der Waals surface area (Å²) in [4.78, 5) is 2.16. The summed E-state index contributed by atoms with van der Waals surface area (Å²) in [6.45, 7) is 3.52. The molecule has 25 heavy (non-hydrogen) atoms. The van der Waals surface area contributed by atoms with E-state index in [-0.39, 0.29) is 5.82 Å². The molecule has 0 aliphatic heterocycles. The van der Waals surface area contributed by atoms with Crippen molar-refractivity contribution in [1.82, 2.24) is 14.7 Å². The Morgan fingerprint density at radius 2 is 2.04 bits per heavy atom. The van der Waals surface area contributed by atoms with Crippen LogP contribution in [0.1, 0.15) is 11.1 Å². The number of halogens is 1. The van der Waals surface area contributed by atoms with Crippen LogP contribution in [0.5, 0.6) is 0 Å². The Balaban J connectivity index is 1.68. The first-order chi connectivity index (χ1) is 12.0. The molecule has 0 amide bonds. The van der Waals surface area contributed by atoms with Crippen LogP contribution in [0.3, 0.4) is 0 Å². The molecule has 0 saturated heterocycles. The predicted octanol–water partition coefficient (Wildman–Crippen LogP) is 4.95. The molecule has 4 nitrogen and oxygen atoms in total. The van der Waals surface area contributed by atoms with Gasteiger partial charge >= 0.3 is 0 Å². The second-order valence-corrected chi connectivity index (χ2v) is 7.51. The van der Waals surface area contributed by atoms with Gasteiger partial charge in [-0.15, -0.1) is 5.10 Å². The lowest BCUT2D eigenvalue weighted by Gasteiger charge is -2.17. The minimum atomic E-state index is -0.286. The van der Waals surface area contributed by atoms with Crippen LogP contribution in [0.15, 0.2) is 48.5 Å². The second-order valence-electron chi connectivity index (χ2n) is 5.89. The van der Waals surface area contributed by atoms with E-state index in [4.69, 9.17) is 12.2 Å². The first-order valence-corrected chi connectivity index (χ1v) is 9.07. The summed E-state index contributed by atoms with van der Waals surface area (Å²) in [5, 5.41) is 8.25. The quantitative estimate of drug-likeness (QED) is 0.619. The summed E-state index contributed by atoms with van der Waals surface area (Å²) in [6, 6.07) is 14.6. The van der Waals surface area contributed by atoms with E-state index in [0.717, 1.165) is 6.54 Å². The lowest BCUT2D eigenvalue weighted by molar-refractivity contribution is 0.245. The molecule has 130 valence electrons. The zero-order chi connectivity index (χ0) is 17.8. The molecule has 0 unspecified atom stereocenters. The number of hydrogen-bond acceptors (Lipinski definition) is 5. The molecule has 7 heteroatoms. The van der Waals surface area contributed by atoms with Crippen LogP contribution in [0.2, 0.25) is 0 Å². The molecule has 0 spiro atoms. The Morgan fingerprint density at radius 3 is 2.80 bits per heavy atom. The molecule has 1 aromatic heterocycles. The Kier molecular flexibility index (Phi) is 5.57. The smallest absolute Gasteiger partial charge is 0.209 e. The Labute approximate surface area is 155 Å². The van der Waals surface area contributed by atoms with Crippen molar-refractivity contribution in [2.75, 3.05) is 12.4 Å². The highest BCUT2D eigenvalue weighted by Gasteiger charge is 2.08. The zero-order valence-corrected chi connectivity index (χ0v) is 15.7. The van der Waals surface area contributed by atoms with Gasteiger partial charge in [0.1, 0.15) is 5.82 Å². The number of nitrogens with one attached hydrogen (secondary N) is 1. The van der Waals surface area contributed by atoms with Crippen molar-refractivity contribution >= 4 is 34.4 Å². The number of aryl methyl sites for hydroxylation is 1. The summed E-state index contributed by atoms with van der Waals surface area (Å²) in [6.07, 6.45) is 0. The minimum absolute atomic E-state index is 0.286. The lowest BCUT2D eigenvalue weighted by atomic mass is 10.1. The largest absolute Gasteiger partial charge is 0.330 e. The summed E-state index contributed by atoms with van der Waals surface area (Å²) >= 11 is 6.77. The van der Waals surface area contributed by atoms with Crippen molar-refractivity contribution in [3.63, 3.8) is 0 Å². The van der Waals surface area contributed by atoms with Gasteiger partial charge in [0.15, 0.2) is 3.95 Å². The maximum atomic E-state index is 13.3. The number of aromatic nitrogens is 2. The molecule has 0 aliphatic carbocycles. The highest BCUT2D eigenvalue weighted by Crippen LogP contribution is 2.21. The molecular formula is C18H19FN4S2. The van der Waals surface area contributed by atoms with Gasteiger partial charge in [-0.25, -0.2) is 9.07 Å². The van der Waals surface area contributed by atoms with Crippen molar-refractivity contribution in [1.29, 1.82) is 0 Å². The first kappa shape index (κ1) is 17.7. The van der Waals surface area contributed by atoms with Crippen LogP contribution in [-0.2, 0) is 13.2 Å². The summed E-state index contributed by atoms with van der Waals surface area (Å²) < 4.78 is 15.7. The van der Waals surface area contributed by atoms with E-state index in [0.29, 0.717) is 21.4 Å². The van der Waals surface area contributed by atoms with E-state index in [1.54, 1.807) is 16.8 Å². The van der Waals surface area contributed by atoms with E-state index < -0.39 is 0 Å². The Bertz CT molecular complexity index is 919. The first-order valence-electron chi connectivity index (χ1n) is 7.85. The van der Waals surface area contributed by atoms with Crippen LogP contribution in [-0.4, -0.2) is 21.7 Å². The topological polar surface area (TPSA) is 33.1 Å². The molecule has 0 aliphatic rings. The van der Waals surface area contributed by atoms with Gasteiger partial charge in [0.25, 0.3) is 0 Å². The normalized spacial score (nSPS) is 11.0. The van der Waals surface area contributed by atoms with E-state index in [2.05, 4.69) is 34.4 Å². The average molecular weight is 375 g/mol. The van der Waals surface area contributed by atoms with Crippen LogP contribution < -0.4 is 5.32 Å². The zero-order valence-electron chi connectivity index (χ0n) is 14.1. The summed E-state index contributed by atoms with van der Waals surface area (Å²) in [7, 11) is 2.03. The fourth-order valence-corrected chi connectivity index (χ4v) is 3.51. The van der Waals surface area contributed by atoms with Gasteiger partial charge in [-0.3, -0.25) is 4.90 Å². The van der Waals surface area contributed by atoms with Gasteiger partial charge < -0.3 is 5.32 Å². The monoisotopic (exact) mass is 374 g/mol. The van der Waals surface area contributed by atoms with Crippen molar-refractivity contribution in [3.8, 4) is 0 Å². The summed E-state index contributed by atoms with van der Waals surface area (Å²) in [5.74, 6) is -0.286. The fourth-order valence-electron chi connectivity index (χ4n) is 2.49. The average Bonchev–Trinajstić information content (AvgIpc) is 2.89. The van der Waals surface area contributed by atoms with E-state index >= 15 is 0 Å². The molecule has 1 N–H and O–H groups in total. The van der Waals surface area contributed by atoms with Crippen LogP contribution in [0.4, 0.5) is 15.2 Å². The molecule has 0 bridgehead atoms. The number of anilines is 2. The fraction of sp³-hybridized carbons (Fsp3) is 0.222. The molecular weight excluding hydrogens is 355 g/mol. The molecule has 3 rings (SSSR count). The maximum Gasteiger partial charge on any atom is 0.209 e. The highest BCUT2D eigenvalue weighted by atomic mass is 32.1. The molecule has 0 atom stereocenters. The molecule has 0 radical (unpaired) electrons. The third-order valence-electron chi connectivity index (χ3n) is 3.76. The number of rotatable bonds is 6. The van der Waals surface area contributed by atoms with Crippen molar-refractivity contribution < 1.29 is 4.39 Å². The van der Waals surface area contributed by atoms with Gasteiger partial charge in [0, 0.05) is 12.2 Å². The van der Waals surface area contributed by atoms with E-state index in [1.165, 1.54) is 34.6 Å². The van der Waals surface area contributed by atoms with Crippen LogP contribution in [0, 0.1) is 16.7 Å². The molecule has 2 aromatic carbocycles. The Morgan fingerprint density at radius 1 is 1.24 bits per heavy atom. The van der Waals surface area contributed by atoms with Gasteiger partial charge in [-0.2, -0.15) is 0 Å². The number of nitrogens with zero attached hydrogens (tertiary/aromatic N) is 3. The minimum Gasteiger partial charge on any atom is -0.330 e. The van der Waals surface area contributed by atoms with Crippen molar-refractivity contribution in [2.24, 2.45) is 0 Å². The molecule has 0 saturated carbocycles. The summed E-state index contributed by atoms with van der Waals surface area (Å²) in [5.41, 5.74) is 3.21. The van der Waals surface area contributed by atoms with Gasteiger partial charge in [0.05, 0.1) is 6.67 Å². The highest BCUT2D eigenvalue weighted by molar-refractivity contribution is 7.73. The maximum absolute atomic E-state index is 13.3. The van der Waals surface area contributed by atoms with E-state index in [9.17, 15) is 4.39 Å². The van der Waals surface area contributed by atoms with Crippen LogP contribution >= 0.6 is 23.6 Å². The van der Waals surface area contributed by atoms with Gasteiger partial charge in [-0.1, -0.05) is 41.7 Å². The number of hydrogen-bond donors (Lipinski definition) is 1. The Hall–Kier alpha value is -2.09. The lowest BCUT2D eigenvalue weighted by Crippen LogP contribution is -2.22. The predicted molar refractivity (Wildman–Crippen MR) is 103 cm³/mol. The molecule has 0 fully saturated rings.